The smallest absolute Gasteiger partial charge is 0.343 e. The molecule has 0 saturated carbocycles. The Bertz CT molecular complexity index is 1540. The van der Waals surface area contributed by atoms with Gasteiger partial charge in [0.2, 0.25) is 0 Å². The number of fused-ring (bicyclic) bond motifs is 1. The molecule has 0 aliphatic rings. The maximum absolute atomic E-state index is 13.0. The molecular formula is C33H30N2O2. The van der Waals surface area contributed by atoms with Gasteiger partial charge in [0, 0.05) is 18.2 Å². The zero-order valence-electron chi connectivity index (χ0n) is 21.4. The topological polar surface area (TPSA) is 44.1 Å². The third kappa shape index (κ3) is 5.54. The molecule has 0 bridgehead atoms. The van der Waals surface area contributed by atoms with Crippen LogP contribution in [0.3, 0.4) is 0 Å². The summed E-state index contributed by atoms with van der Waals surface area (Å²) in [5, 5.41) is 0. The van der Waals surface area contributed by atoms with E-state index in [4.69, 9.17) is 9.72 Å². The van der Waals surface area contributed by atoms with Crippen molar-refractivity contribution in [3.05, 3.63) is 137 Å². The van der Waals surface area contributed by atoms with Gasteiger partial charge >= 0.3 is 5.97 Å². The fourth-order valence-corrected chi connectivity index (χ4v) is 4.29. The van der Waals surface area contributed by atoms with Crippen LogP contribution in [0.2, 0.25) is 0 Å². The molecule has 0 fully saturated rings. The number of rotatable bonds is 6. The Kier molecular flexibility index (Phi) is 6.74. The van der Waals surface area contributed by atoms with E-state index in [-0.39, 0.29) is 5.41 Å². The van der Waals surface area contributed by atoms with Crippen molar-refractivity contribution in [2.24, 2.45) is 0 Å². The van der Waals surface area contributed by atoms with Crippen LogP contribution in [0.15, 0.2) is 109 Å². The molecule has 0 saturated heterocycles. The SMILES string of the molecule is CC(C)(C)c1ccc(Cn2c(C=C(OC(=O)c3ccccc3)c3ccccc3)nc3ccccc32)cc1. The Hall–Kier alpha value is -4.44. The third-order valence-electron chi connectivity index (χ3n) is 6.38. The lowest BCUT2D eigenvalue weighted by Crippen LogP contribution is -2.11. The lowest BCUT2D eigenvalue weighted by Gasteiger charge is -2.19. The van der Waals surface area contributed by atoms with Gasteiger partial charge in [-0.3, -0.25) is 0 Å². The lowest BCUT2D eigenvalue weighted by molar-refractivity contribution is 0.0693. The van der Waals surface area contributed by atoms with Crippen LogP contribution in [0.1, 0.15) is 53.6 Å². The molecule has 4 heteroatoms. The molecule has 4 nitrogen and oxygen atoms in total. The molecule has 0 aliphatic carbocycles. The van der Waals surface area contributed by atoms with Crippen molar-refractivity contribution >= 4 is 28.8 Å². The van der Waals surface area contributed by atoms with Gasteiger partial charge in [-0.2, -0.15) is 0 Å². The van der Waals surface area contributed by atoms with Crippen LogP contribution in [0.4, 0.5) is 0 Å². The Morgan fingerprint density at radius 3 is 2.03 bits per heavy atom. The summed E-state index contributed by atoms with van der Waals surface area (Å²) in [6, 6.07) is 35.5. The highest BCUT2D eigenvalue weighted by molar-refractivity contribution is 5.95. The highest BCUT2D eigenvalue weighted by Gasteiger charge is 2.17. The van der Waals surface area contributed by atoms with Crippen LogP contribution in [0.25, 0.3) is 22.9 Å². The van der Waals surface area contributed by atoms with Gasteiger partial charge in [0.05, 0.1) is 16.6 Å². The summed E-state index contributed by atoms with van der Waals surface area (Å²) < 4.78 is 8.12. The maximum atomic E-state index is 13.0. The van der Waals surface area contributed by atoms with E-state index >= 15 is 0 Å². The number of carbonyl (C=O) groups excluding carboxylic acids is 1. The second-order valence-electron chi connectivity index (χ2n) is 10.1. The number of nitrogens with zero attached hydrogens (tertiary/aromatic N) is 2. The van der Waals surface area contributed by atoms with Gasteiger partial charge in [-0.25, -0.2) is 9.78 Å². The van der Waals surface area contributed by atoms with Crippen molar-refractivity contribution in [3.63, 3.8) is 0 Å². The van der Waals surface area contributed by atoms with E-state index in [2.05, 4.69) is 55.7 Å². The summed E-state index contributed by atoms with van der Waals surface area (Å²) in [5.41, 5.74) is 5.79. The standard InChI is InChI=1S/C33H30N2O2/c1-33(2,3)27-20-18-24(19-21-27)23-35-29-17-11-10-16-28(29)34-31(35)22-30(25-12-6-4-7-13-25)37-32(36)26-14-8-5-9-15-26/h4-22H,23H2,1-3H3. The monoisotopic (exact) mass is 486 g/mol. The van der Waals surface area contributed by atoms with Crippen molar-refractivity contribution in [1.29, 1.82) is 0 Å². The Morgan fingerprint density at radius 1 is 0.784 bits per heavy atom. The van der Waals surface area contributed by atoms with Gasteiger partial charge in [-0.1, -0.05) is 106 Å². The molecule has 1 heterocycles. The van der Waals surface area contributed by atoms with E-state index in [1.165, 1.54) is 11.1 Å². The summed E-state index contributed by atoms with van der Waals surface area (Å²) in [6.07, 6.45) is 1.86. The predicted octanol–water partition coefficient (Wildman–Crippen LogP) is 7.74. The molecular weight excluding hydrogens is 456 g/mol. The molecule has 184 valence electrons. The van der Waals surface area contributed by atoms with E-state index in [1.807, 2.05) is 72.8 Å². The molecule has 0 spiro atoms. The van der Waals surface area contributed by atoms with Crippen LogP contribution >= 0.6 is 0 Å². The van der Waals surface area contributed by atoms with E-state index in [1.54, 1.807) is 12.1 Å². The molecule has 0 atom stereocenters. The van der Waals surface area contributed by atoms with E-state index < -0.39 is 5.97 Å². The molecule has 37 heavy (non-hydrogen) atoms. The average molecular weight is 487 g/mol. The molecule has 0 aliphatic heterocycles. The number of carbonyl (C=O) groups is 1. The van der Waals surface area contributed by atoms with Gasteiger partial charge in [-0.05, 0) is 40.8 Å². The Balaban J connectivity index is 1.57. The normalized spacial score (nSPS) is 12.0. The highest BCUT2D eigenvalue weighted by atomic mass is 16.5. The summed E-state index contributed by atoms with van der Waals surface area (Å²) in [4.78, 5) is 17.9. The molecule has 5 rings (SSSR count). The third-order valence-corrected chi connectivity index (χ3v) is 6.38. The summed E-state index contributed by atoms with van der Waals surface area (Å²) in [6.45, 7) is 7.30. The van der Waals surface area contributed by atoms with Gasteiger partial charge < -0.3 is 9.30 Å². The Labute approximate surface area is 217 Å². The first-order chi connectivity index (χ1) is 17.9. The summed E-state index contributed by atoms with van der Waals surface area (Å²) in [5.74, 6) is 0.769. The fraction of sp³-hybridized carbons (Fsp3) is 0.152. The largest absolute Gasteiger partial charge is 0.422 e. The van der Waals surface area contributed by atoms with Gasteiger partial charge in [-0.15, -0.1) is 0 Å². The van der Waals surface area contributed by atoms with Crippen molar-refractivity contribution in [3.8, 4) is 0 Å². The number of ether oxygens (including phenoxy) is 1. The number of esters is 1. The second kappa shape index (κ2) is 10.3. The first kappa shape index (κ1) is 24.3. The van der Waals surface area contributed by atoms with Crippen molar-refractivity contribution < 1.29 is 9.53 Å². The minimum Gasteiger partial charge on any atom is -0.422 e. The first-order valence-electron chi connectivity index (χ1n) is 12.5. The zero-order valence-corrected chi connectivity index (χ0v) is 21.4. The molecule has 4 aromatic carbocycles. The first-order valence-corrected chi connectivity index (χ1v) is 12.5. The van der Waals surface area contributed by atoms with Gasteiger partial charge in [0.15, 0.2) is 0 Å². The molecule has 0 amide bonds. The highest BCUT2D eigenvalue weighted by Crippen LogP contribution is 2.26. The predicted molar refractivity (Wildman–Crippen MR) is 150 cm³/mol. The van der Waals surface area contributed by atoms with Gasteiger partial charge in [0.25, 0.3) is 0 Å². The van der Waals surface area contributed by atoms with E-state index in [0.29, 0.717) is 17.9 Å². The van der Waals surface area contributed by atoms with Crippen LogP contribution < -0.4 is 0 Å². The quantitative estimate of drug-likeness (QED) is 0.182. The molecule has 1 aromatic heterocycles. The van der Waals surface area contributed by atoms with Crippen molar-refractivity contribution in [2.75, 3.05) is 0 Å². The second-order valence-corrected chi connectivity index (χ2v) is 10.1. The number of hydrogen-bond donors (Lipinski definition) is 0. The van der Waals surface area contributed by atoms with Crippen LogP contribution in [-0.4, -0.2) is 15.5 Å². The Morgan fingerprint density at radius 2 is 1.38 bits per heavy atom. The number of aromatic nitrogens is 2. The zero-order chi connectivity index (χ0) is 25.8. The number of imidazole rings is 1. The molecule has 0 radical (unpaired) electrons. The van der Waals surface area contributed by atoms with Gasteiger partial charge in [0.1, 0.15) is 11.6 Å². The lowest BCUT2D eigenvalue weighted by atomic mass is 9.87. The number of para-hydroxylation sites is 2. The van der Waals surface area contributed by atoms with Crippen molar-refractivity contribution in [2.45, 2.75) is 32.7 Å². The summed E-state index contributed by atoms with van der Waals surface area (Å²) in [7, 11) is 0. The van der Waals surface area contributed by atoms with E-state index in [0.717, 1.165) is 22.4 Å². The molecule has 5 aromatic rings. The van der Waals surface area contributed by atoms with E-state index in [9.17, 15) is 4.79 Å². The van der Waals surface area contributed by atoms with Crippen LogP contribution in [0.5, 0.6) is 0 Å². The van der Waals surface area contributed by atoms with Crippen molar-refractivity contribution in [1.82, 2.24) is 9.55 Å². The number of benzene rings is 4. The fourth-order valence-electron chi connectivity index (χ4n) is 4.29. The number of hydrogen-bond acceptors (Lipinski definition) is 3. The minimum atomic E-state index is -0.406. The maximum Gasteiger partial charge on any atom is 0.343 e. The summed E-state index contributed by atoms with van der Waals surface area (Å²) >= 11 is 0. The molecule has 0 unspecified atom stereocenters. The van der Waals surface area contributed by atoms with Crippen LogP contribution in [-0.2, 0) is 16.7 Å². The molecule has 0 N–H and O–H groups in total. The minimum absolute atomic E-state index is 0.0986. The van der Waals surface area contributed by atoms with Crippen LogP contribution in [0, 0.1) is 0 Å². The average Bonchev–Trinajstić information content (AvgIpc) is 3.25.